The van der Waals surface area contributed by atoms with Gasteiger partial charge in [0.05, 0.1) is 0 Å². The molecule has 0 fully saturated rings. The minimum atomic E-state index is 1.09. The van der Waals surface area contributed by atoms with Gasteiger partial charge in [-0.15, -0.1) is 0 Å². The molecule has 1 aromatic rings. The molecule has 0 unspecified atom stereocenters. The van der Waals surface area contributed by atoms with Crippen LogP contribution in [0.1, 0.15) is 26.0 Å². The maximum atomic E-state index is 4.31. The van der Waals surface area contributed by atoms with E-state index in [0.717, 1.165) is 19.5 Å². The maximum Gasteiger partial charge on any atom is 0.0404 e. The normalized spacial score (nSPS) is 10.8. The number of hydrogen-bond acceptors (Lipinski definition) is 2. The lowest BCUT2D eigenvalue weighted by molar-refractivity contribution is 0.299. The van der Waals surface area contributed by atoms with Crippen molar-refractivity contribution in [3.8, 4) is 0 Å². The molecule has 2 nitrogen and oxygen atoms in total. The van der Waals surface area contributed by atoms with E-state index in [4.69, 9.17) is 0 Å². The first-order valence-corrected chi connectivity index (χ1v) is 5.49. The molecule has 0 saturated carbocycles. The fourth-order valence-corrected chi connectivity index (χ4v) is 1.57. The number of hydrogen-bond donors (Lipinski definition) is 0. The summed E-state index contributed by atoms with van der Waals surface area (Å²) in [6.07, 6.45) is 4.17. The van der Waals surface area contributed by atoms with Crippen molar-refractivity contribution in [2.24, 2.45) is 0 Å². The van der Waals surface area contributed by atoms with Gasteiger partial charge >= 0.3 is 0 Å². The van der Waals surface area contributed by atoms with Crippen molar-refractivity contribution in [1.29, 1.82) is 0 Å². The third kappa shape index (κ3) is 3.88. The average Bonchev–Trinajstić information content (AvgIpc) is 2.26. The smallest absolute Gasteiger partial charge is 0.0404 e. The second-order valence-corrected chi connectivity index (χ2v) is 3.45. The highest BCUT2D eigenvalue weighted by atomic mass is 15.1. The first kappa shape index (κ1) is 11.2. The third-order valence-corrected chi connectivity index (χ3v) is 2.53. The zero-order chi connectivity index (χ0) is 10.2. The molecule has 14 heavy (non-hydrogen) atoms. The van der Waals surface area contributed by atoms with Gasteiger partial charge < -0.3 is 4.90 Å². The SMILES string of the molecule is CCN(CC)CCCc1ccccn1. The highest BCUT2D eigenvalue weighted by Gasteiger charge is 1.99. The monoisotopic (exact) mass is 192 g/mol. The van der Waals surface area contributed by atoms with Crippen LogP contribution in [0.5, 0.6) is 0 Å². The third-order valence-electron chi connectivity index (χ3n) is 2.53. The van der Waals surface area contributed by atoms with Crippen LogP contribution in [0.15, 0.2) is 24.4 Å². The van der Waals surface area contributed by atoms with E-state index < -0.39 is 0 Å². The largest absolute Gasteiger partial charge is 0.304 e. The summed E-state index contributed by atoms with van der Waals surface area (Å²) in [5.74, 6) is 0. The summed E-state index contributed by atoms with van der Waals surface area (Å²) in [4.78, 5) is 6.76. The molecule has 0 atom stereocenters. The average molecular weight is 192 g/mol. The van der Waals surface area contributed by atoms with Crippen LogP contribution in [0.4, 0.5) is 0 Å². The van der Waals surface area contributed by atoms with Gasteiger partial charge in [0, 0.05) is 11.9 Å². The molecule has 0 aromatic carbocycles. The van der Waals surface area contributed by atoms with Gasteiger partial charge in [0.25, 0.3) is 0 Å². The Labute approximate surface area is 87.0 Å². The summed E-state index contributed by atoms with van der Waals surface area (Å²) >= 11 is 0. The van der Waals surface area contributed by atoms with E-state index in [1.807, 2.05) is 12.3 Å². The van der Waals surface area contributed by atoms with E-state index in [-0.39, 0.29) is 0 Å². The van der Waals surface area contributed by atoms with Crippen LogP contribution in [-0.2, 0) is 6.42 Å². The van der Waals surface area contributed by atoms with Crippen LogP contribution in [0.2, 0.25) is 0 Å². The van der Waals surface area contributed by atoms with Crippen LogP contribution in [0.3, 0.4) is 0 Å². The Balaban J connectivity index is 2.21. The minimum Gasteiger partial charge on any atom is -0.304 e. The zero-order valence-corrected chi connectivity index (χ0v) is 9.24. The van der Waals surface area contributed by atoms with Crippen molar-refractivity contribution in [3.05, 3.63) is 30.1 Å². The molecule has 0 N–H and O–H groups in total. The summed E-state index contributed by atoms with van der Waals surface area (Å²) in [5, 5.41) is 0. The van der Waals surface area contributed by atoms with Crippen LogP contribution in [0.25, 0.3) is 0 Å². The van der Waals surface area contributed by atoms with E-state index >= 15 is 0 Å². The lowest BCUT2D eigenvalue weighted by atomic mass is 10.2. The first-order valence-electron chi connectivity index (χ1n) is 5.49. The Kier molecular flexibility index (Phi) is 5.23. The van der Waals surface area contributed by atoms with Gasteiger partial charge in [0.15, 0.2) is 0 Å². The number of aryl methyl sites for hydroxylation is 1. The summed E-state index contributed by atoms with van der Waals surface area (Å²) in [6, 6.07) is 6.12. The molecular weight excluding hydrogens is 172 g/mol. The molecule has 1 rings (SSSR count). The van der Waals surface area contributed by atoms with Gasteiger partial charge in [-0.05, 0) is 44.6 Å². The summed E-state index contributed by atoms with van der Waals surface area (Å²) in [6.45, 7) is 7.91. The van der Waals surface area contributed by atoms with Crippen LogP contribution < -0.4 is 0 Å². The number of nitrogens with zero attached hydrogens (tertiary/aromatic N) is 2. The summed E-state index contributed by atoms with van der Waals surface area (Å²) in [5.41, 5.74) is 1.21. The van der Waals surface area contributed by atoms with E-state index in [2.05, 4.69) is 35.9 Å². The van der Waals surface area contributed by atoms with Crippen molar-refractivity contribution in [2.45, 2.75) is 26.7 Å². The standard InChI is InChI=1S/C12H20N2/c1-3-14(4-2)11-7-9-12-8-5-6-10-13-12/h5-6,8,10H,3-4,7,9,11H2,1-2H3. The van der Waals surface area contributed by atoms with Crippen molar-refractivity contribution >= 4 is 0 Å². The van der Waals surface area contributed by atoms with E-state index in [1.54, 1.807) is 0 Å². The molecule has 0 aliphatic heterocycles. The summed E-state index contributed by atoms with van der Waals surface area (Å²) in [7, 11) is 0. The highest BCUT2D eigenvalue weighted by Crippen LogP contribution is 1.99. The fourth-order valence-electron chi connectivity index (χ4n) is 1.57. The lowest BCUT2D eigenvalue weighted by Gasteiger charge is -2.17. The Morgan fingerprint density at radius 3 is 2.57 bits per heavy atom. The van der Waals surface area contributed by atoms with E-state index in [0.29, 0.717) is 0 Å². The van der Waals surface area contributed by atoms with E-state index in [1.165, 1.54) is 18.7 Å². The number of pyridine rings is 1. The van der Waals surface area contributed by atoms with Crippen LogP contribution in [0, 0.1) is 0 Å². The molecular formula is C12H20N2. The molecule has 0 bridgehead atoms. The highest BCUT2D eigenvalue weighted by molar-refractivity contribution is 5.03. The van der Waals surface area contributed by atoms with Gasteiger partial charge in [-0.2, -0.15) is 0 Å². The molecule has 0 radical (unpaired) electrons. The topological polar surface area (TPSA) is 16.1 Å². The van der Waals surface area contributed by atoms with Crippen molar-refractivity contribution in [1.82, 2.24) is 9.88 Å². The van der Waals surface area contributed by atoms with Crippen LogP contribution >= 0.6 is 0 Å². The molecule has 0 spiro atoms. The van der Waals surface area contributed by atoms with Gasteiger partial charge in [0.1, 0.15) is 0 Å². The van der Waals surface area contributed by atoms with Gasteiger partial charge in [-0.25, -0.2) is 0 Å². The predicted molar refractivity (Wildman–Crippen MR) is 60.3 cm³/mol. The lowest BCUT2D eigenvalue weighted by Crippen LogP contribution is -2.24. The van der Waals surface area contributed by atoms with Crippen molar-refractivity contribution in [2.75, 3.05) is 19.6 Å². The predicted octanol–water partition coefficient (Wildman–Crippen LogP) is 2.36. The second-order valence-electron chi connectivity index (χ2n) is 3.45. The van der Waals surface area contributed by atoms with Gasteiger partial charge in [0.2, 0.25) is 0 Å². The molecule has 1 aromatic heterocycles. The molecule has 0 aliphatic rings. The molecule has 0 amide bonds. The maximum absolute atomic E-state index is 4.31. The molecule has 2 heteroatoms. The molecule has 78 valence electrons. The zero-order valence-electron chi connectivity index (χ0n) is 9.24. The van der Waals surface area contributed by atoms with Crippen molar-refractivity contribution in [3.63, 3.8) is 0 Å². The number of rotatable bonds is 6. The second kappa shape index (κ2) is 6.55. The first-order chi connectivity index (χ1) is 6.86. The Morgan fingerprint density at radius 1 is 1.21 bits per heavy atom. The molecule has 0 aliphatic carbocycles. The molecule has 0 saturated heterocycles. The summed E-state index contributed by atoms with van der Waals surface area (Å²) < 4.78 is 0. The Hall–Kier alpha value is -0.890. The van der Waals surface area contributed by atoms with Gasteiger partial charge in [-0.3, -0.25) is 4.98 Å². The quantitative estimate of drug-likeness (QED) is 0.688. The van der Waals surface area contributed by atoms with E-state index in [9.17, 15) is 0 Å². The number of aromatic nitrogens is 1. The Bertz CT molecular complexity index is 229. The minimum absolute atomic E-state index is 1.09. The van der Waals surface area contributed by atoms with Gasteiger partial charge in [-0.1, -0.05) is 19.9 Å². The molecule has 1 heterocycles. The Morgan fingerprint density at radius 2 is 2.00 bits per heavy atom. The fraction of sp³-hybridized carbons (Fsp3) is 0.583. The van der Waals surface area contributed by atoms with Crippen molar-refractivity contribution < 1.29 is 0 Å². The van der Waals surface area contributed by atoms with Crippen LogP contribution in [-0.4, -0.2) is 29.5 Å².